The second-order valence-corrected chi connectivity index (χ2v) is 17.3. The van der Waals surface area contributed by atoms with Crippen LogP contribution in [-0.2, 0) is 5.41 Å². The first kappa shape index (κ1) is 42.0. The van der Waals surface area contributed by atoms with Crippen molar-refractivity contribution in [3.8, 4) is 28.2 Å². The fraction of sp³-hybridized carbons (Fsp3) is 0.362. The van der Waals surface area contributed by atoms with Crippen molar-refractivity contribution in [1.82, 2.24) is 44.9 Å². The number of aromatic amines is 2. The van der Waals surface area contributed by atoms with E-state index in [4.69, 9.17) is 4.52 Å². The summed E-state index contributed by atoms with van der Waals surface area (Å²) < 4.78 is 6.70. The molecule has 1 saturated heterocycles. The molecule has 1 fully saturated rings. The van der Waals surface area contributed by atoms with E-state index in [1.54, 1.807) is 6.33 Å². The molecule has 7 aromatic rings. The van der Waals surface area contributed by atoms with Gasteiger partial charge in [0.15, 0.2) is 5.82 Å². The highest BCUT2D eigenvalue weighted by molar-refractivity contribution is 5.94. The Labute approximate surface area is 359 Å². The van der Waals surface area contributed by atoms with E-state index in [0.29, 0.717) is 24.6 Å². The third-order valence-corrected chi connectivity index (χ3v) is 11.7. The maximum atomic E-state index is 12.8. The summed E-state index contributed by atoms with van der Waals surface area (Å²) in [5.41, 5.74) is 7.50. The minimum absolute atomic E-state index is 0.0783. The van der Waals surface area contributed by atoms with Crippen LogP contribution in [0.4, 0.5) is 11.5 Å². The number of hydrogen-bond acceptors (Lipinski definition) is 12. The number of nitrogens with zero attached hydrogens (tertiary/aromatic N) is 7. The molecule has 0 radical (unpaired) electrons. The fourth-order valence-electron chi connectivity index (χ4n) is 8.04. The van der Waals surface area contributed by atoms with Crippen LogP contribution in [0.1, 0.15) is 86.9 Å². The van der Waals surface area contributed by atoms with Crippen LogP contribution in [0.2, 0.25) is 0 Å². The van der Waals surface area contributed by atoms with E-state index in [0.717, 1.165) is 102 Å². The van der Waals surface area contributed by atoms with Gasteiger partial charge in [0.25, 0.3) is 11.4 Å². The number of nitrogens with one attached hydrogen (secondary N) is 4. The van der Waals surface area contributed by atoms with Crippen LogP contribution >= 0.6 is 0 Å². The Morgan fingerprint density at radius 3 is 2.40 bits per heavy atom. The van der Waals surface area contributed by atoms with E-state index < -0.39 is 11.2 Å². The summed E-state index contributed by atoms with van der Waals surface area (Å²) in [5.74, 6) is 2.06. The van der Waals surface area contributed by atoms with Gasteiger partial charge >= 0.3 is 5.69 Å². The number of hydrogen-bond donors (Lipinski definition) is 4. The number of pyridine rings is 1. The maximum absolute atomic E-state index is 12.8. The molecule has 0 saturated carbocycles. The van der Waals surface area contributed by atoms with Crippen molar-refractivity contribution in [2.24, 2.45) is 5.92 Å². The molecule has 1 aliphatic heterocycles. The first-order valence-corrected chi connectivity index (χ1v) is 21.3. The highest BCUT2D eigenvalue weighted by Gasteiger charge is 2.25. The molecule has 0 bridgehead atoms. The van der Waals surface area contributed by atoms with Gasteiger partial charge in [0.1, 0.15) is 17.8 Å². The Kier molecular flexibility index (Phi) is 12.2. The number of benzene rings is 2. The van der Waals surface area contributed by atoms with E-state index in [2.05, 4.69) is 94.8 Å². The molecule has 4 N–H and O–H groups in total. The summed E-state index contributed by atoms with van der Waals surface area (Å²) in [7, 11) is 0. The number of aryl methyl sites for hydroxylation is 1. The van der Waals surface area contributed by atoms with Crippen LogP contribution in [0.15, 0.2) is 99.6 Å². The average molecular weight is 836 g/mol. The lowest BCUT2D eigenvalue weighted by Crippen LogP contribution is -2.38. The third-order valence-electron chi connectivity index (χ3n) is 11.7. The lowest BCUT2D eigenvalue weighted by atomic mass is 9.90. The summed E-state index contributed by atoms with van der Waals surface area (Å²) in [4.78, 5) is 62.8. The number of H-pyrrole nitrogens is 2. The summed E-state index contributed by atoms with van der Waals surface area (Å²) in [6.07, 6.45) is 8.15. The van der Waals surface area contributed by atoms with Crippen LogP contribution in [0.5, 0.6) is 0 Å². The molecule has 0 unspecified atom stereocenters. The van der Waals surface area contributed by atoms with Crippen molar-refractivity contribution in [3.63, 3.8) is 0 Å². The number of rotatable bonds is 15. The van der Waals surface area contributed by atoms with E-state index in [9.17, 15) is 14.4 Å². The molecule has 1 atom stereocenters. The van der Waals surface area contributed by atoms with E-state index in [1.165, 1.54) is 22.4 Å². The molecule has 6 heterocycles. The van der Waals surface area contributed by atoms with Gasteiger partial charge in [0.05, 0.1) is 11.4 Å². The average Bonchev–Trinajstić information content (AvgIpc) is 3.95. The summed E-state index contributed by atoms with van der Waals surface area (Å²) in [6, 6.07) is 21.7. The van der Waals surface area contributed by atoms with Gasteiger partial charge < -0.3 is 25.0 Å². The number of fused-ring (bicyclic) bond motifs is 1. The molecular weight excluding hydrogens is 783 g/mol. The first-order chi connectivity index (χ1) is 29.9. The van der Waals surface area contributed by atoms with Crippen LogP contribution in [0.3, 0.4) is 0 Å². The van der Waals surface area contributed by atoms with Crippen molar-refractivity contribution in [1.29, 1.82) is 0 Å². The molecule has 15 nitrogen and oxygen atoms in total. The highest BCUT2D eigenvalue weighted by Crippen LogP contribution is 2.33. The highest BCUT2D eigenvalue weighted by atomic mass is 16.5. The number of piperidine rings is 1. The summed E-state index contributed by atoms with van der Waals surface area (Å²) in [6.45, 7) is 14.7. The normalized spacial score (nSPS) is 14.0. The second kappa shape index (κ2) is 18.1. The van der Waals surface area contributed by atoms with Gasteiger partial charge in [-0.2, -0.15) is 4.98 Å². The van der Waals surface area contributed by atoms with Gasteiger partial charge in [0, 0.05) is 84.4 Å². The number of ketones is 1. The molecule has 62 heavy (non-hydrogen) atoms. The number of carbonyl (C=O) groups excluding carboxylic acids is 1. The summed E-state index contributed by atoms with van der Waals surface area (Å²) in [5, 5.41) is 12.0. The lowest BCUT2D eigenvalue weighted by Gasteiger charge is -2.34. The predicted molar refractivity (Wildman–Crippen MR) is 241 cm³/mol. The smallest absolute Gasteiger partial charge is 0.332 e. The minimum atomic E-state index is -0.445. The van der Waals surface area contributed by atoms with Crippen molar-refractivity contribution in [2.45, 2.75) is 71.6 Å². The Bertz CT molecular complexity index is 2770. The Morgan fingerprint density at radius 1 is 0.919 bits per heavy atom. The van der Waals surface area contributed by atoms with Gasteiger partial charge in [0.2, 0.25) is 5.78 Å². The van der Waals surface area contributed by atoms with Gasteiger partial charge in [-0.05, 0) is 104 Å². The Balaban J connectivity index is 0.793. The molecule has 0 amide bonds. The number of anilines is 2. The Hall–Kier alpha value is -6.74. The van der Waals surface area contributed by atoms with Crippen molar-refractivity contribution in [3.05, 3.63) is 129 Å². The zero-order valence-electron chi connectivity index (χ0n) is 35.9. The lowest BCUT2D eigenvalue weighted by molar-refractivity contribution is 0.0935. The predicted octanol–water partition coefficient (Wildman–Crippen LogP) is 7.20. The zero-order chi connectivity index (χ0) is 43.4. The second-order valence-electron chi connectivity index (χ2n) is 17.3. The zero-order valence-corrected chi connectivity index (χ0v) is 35.9. The third kappa shape index (κ3) is 9.57. The van der Waals surface area contributed by atoms with E-state index in [-0.39, 0.29) is 23.0 Å². The number of Topliss-reactive ketones (excluding diaryl/α,β-unsaturated/α-hetero) is 1. The number of carbonyl (C=O) groups is 1. The monoisotopic (exact) mass is 835 g/mol. The van der Waals surface area contributed by atoms with Crippen molar-refractivity contribution < 1.29 is 9.32 Å². The summed E-state index contributed by atoms with van der Waals surface area (Å²) >= 11 is 0. The molecule has 8 rings (SSSR count). The standard InChI is InChI=1S/C47H53N11O4/c1-29(6-14-39(59)44-55-45(56-62-44)47(3,4)5)36-13-7-32(24-30(36)2)42-37-25-38(53-43(37)52-28-51-42)33-8-15-40(50-27-33)49-20-19-48-26-31-16-21-57(22-17-31)34-9-11-35(12-10-34)58-23-18-41(60)54-46(58)61/h7-13,15,18,23-25,27-29,31,48H,6,14,16-17,19-22,26H2,1-5H3,(H,49,50)(H,51,52,53)(H,54,60,61)/t29-/m0/s1. The van der Waals surface area contributed by atoms with Crippen LogP contribution in [0.25, 0.3) is 39.2 Å². The fourth-order valence-corrected chi connectivity index (χ4v) is 8.04. The van der Waals surface area contributed by atoms with Gasteiger partial charge in [-0.15, -0.1) is 0 Å². The SMILES string of the molecule is Cc1cc(-c2ncnc3[nH]c(-c4ccc(NCCNCC5CCN(c6ccc(-n7ccc(=O)[nH]c7=O)cc6)CC5)nc4)cc23)ccc1[C@@H](C)CCC(=O)c1nc(C(C)(C)C)no1. The first-order valence-electron chi connectivity index (χ1n) is 21.3. The van der Waals surface area contributed by atoms with Gasteiger partial charge in [-0.25, -0.2) is 19.7 Å². The van der Waals surface area contributed by atoms with Gasteiger partial charge in [-0.3, -0.25) is 19.1 Å². The molecule has 0 spiro atoms. The van der Waals surface area contributed by atoms with Gasteiger partial charge in [-0.1, -0.05) is 45.0 Å². The quantitative estimate of drug-likeness (QED) is 0.0601. The Morgan fingerprint density at radius 2 is 1.69 bits per heavy atom. The molecule has 2 aromatic carbocycles. The van der Waals surface area contributed by atoms with Crippen LogP contribution < -0.4 is 26.8 Å². The van der Waals surface area contributed by atoms with Crippen molar-refractivity contribution in [2.75, 3.05) is 42.9 Å². The topological polar surface area (TPSA) is 193 Å². The molecular formula is C47H53N11O4. The molecule has 15 heteroatoms. The molecule has 1 aliphatic rings. The maximum Gasteiger partial charge on any atom is 0.332 e. The van der Waals surface area contributed by atoms with Crippen LogP contribution in [-0.4, -0.2) is 78.1 Å². The molecule has 320 valence electrons. The van der Waals surface area contributed by atoms with Crippen molar-refractivity contribution >= 4 is 28.3 Å². The van der Waals surface area contributed by atoms with Crippen LogP contribution in [0, 0.1) is 12.8 Å². The van der Waals surface area contributed by atoms with E-state index >= 15 is 0 Å². The minimum Gasteiger partial charge on any atom is -0.372 e. The molecule has 0 aliphatic carbocycles. The van der Waals surface area contributed by atoms with E-state index in [1.807, 2.05) is 57.3 Å². The molecule has 5 aromatic heterocycles. The largest absolute Gasteiger partial charge is 0.372 e. The number of aromatic nitrogens is 8.